The summed E-state index contributed by atoms with van der Waals surface area (Å²) < 4.78 is 11.0. The largest absolute Gasteiger partial charge is 0.444 e. The number of carbonyl (C=O) groups is 2. The molecule has 0 bridgehead atoms. The van der Waals surface area contributed by atoms with E-state index in [0.717, 1.165) is 16.9 Å². The number of benzene rings is 2. The molecule has 0 spiro atoms. The van der Waals surface area contributed by atoms with Crippen molar-refractivity contribution in [2.75, 3.05) is 12.0 Å². The molecule has 5 nitrogen and oxygen atoms in total. The molecule has 6 heteroatoms. The van der Waals surface area contributed by atoms with Crippen LogP contribution in [0.15, 0.2) is 60.7 Å². The van der Waals surface area contributed by atoms with Crippen LogP contribution in [-0.4, -0.2) is 35.0 Å². The molecule has 1 amide bonds. The third-order valence-electron chi connectivity index (χ3n) is 4.18. The van der Waals surface area contributed by atoms with Crippen molar-refractivity contribution in [1.82, 2.24) is 4.90 Å². The first-order valence-corrected chi connectivity index (χ1v) is 9.83. The molecule has 1 heterocycles. The first-order chi connectivity index (χ1) is 12.7. The zero-order chi connectivity index (χ0) is 18.4. The summed E-state index contributed by atoms with van der Waals surface area (Å²) in [6, 6.07) is 18.1. The van der Waals surface area contributed by atoms with Gasteiger partial charge in [0.05, 0.1) is 0 Å². The highest BCUT2D eigenvalue weighted by Crippen LogP contribution is 2.34. The SMILES string of the molecule is CSCC[C@H]1C(=O)O[C@H](c2ccccc2)N1C(=O)OCc1ccccc1. The maximum Gasteiger partial charge on any atom is 0.414 e. The maximum absolute atomic E-state index is 12.8. The third kappa shape index (κ3) is 4.19. The Labute approximate surface area is 157 Å². The number of hydrogen-bond acceptors (Lipinski definition) is 5. The minimum atomic E-state index is -0.751. The van der Waals surface area contributed by atoms with Crippen LogP contribution in [0.25, 0.3) is 0 Å². The monoisotopic (exact) mass is 371 g/mol. The van der Waals surface area contributed by atoms with Crippen molar-refractivity contribution in [2.45, 2.75) is 25.3 Å². The van der Waals surface area contributed by atoms with Crippen molar-refractivity contribution in [3.63, 3.8) is 0 Å². The van der Waals surface area contributed by atoms with E-state index in [1.54, 1.807) is 11.8 Å². The Bertz CT molecular complexity index is 738. The van der Waals surface area contributed by atoms with Crippen LogP contribution >= 0.6 is 11.8 Å². The summed E-state index contributed by atoms with van der Waals surface area (Å²) in [5.41, 5.74) is 1.65. The van der Waals surface area contributed by atoms with Crippen LogP contribution in [0.1, 0.15) is 23.8 Å². The van der Waals surface area contributed by atoms with E-state index >= 15 is 0 Å². The summed E-state index contributed by atoms with van der Waals surface area (Å²) in [7, 11) is 0. The van der Waals surface area contributed by atoms with Gasteiger partial charge >= 0.3 is 12.1 Å². The van der Waals surface area contributed by atoms with Gasteiger partial charge in [-0.05, 0) is 24.0 Å². The highest BCUT2D eigenvalue weighted by molar-refractivity contribution is 7.98. The summed E-state index contributed by atoms with van der Waals surface area (Å²) in [5, 5.41) is 0. The number of nitrogens with zero attached hydrogens (tertiary/aromatic N) is 1. The molecular weight excluding hydrogens is 350 g/mol. The van der Waals surface area contributed by atoms with Gasteiger partial charge in [0, 0.05) is 5.56 Å². The number of carbonyl (C=O) groups excluding carboxylic acids is 2. The van der Waals surface area contributed by atoms with Gasteiger partial charge in [0.25, 0.3) is 0 Å². The van der Waals surface area contributed by atoms with Crippen molar-refractivity contribution in [3.8, 4) is 0 Å². The molecule has 2 aromatic carbocycles. The minimum absolute atomic E-state index is 0.154. The van der Waals surface area contributed by atoms with E-state index in [-0.39, 0.29) is 12.6 Å². The normalized spacial score (nSPS) is 19.3. The topological polar surface area (TPSA) is 55.8 Å². The summed E-state index contributed by atoms with van der Waals surface area (Å²) in [5.74, 6) is 0.369. The average Bonchev–Trinajstić information content (AvgIpc) is 3.02. The van der Waals surface area contributed by atoms with Gasteiger partial charge in [0.1, 0.15) is 12.6 Å². The lowest BCUT2D eigenvalue weighted by atomic mass is 10.1. The molecule has 0 N–H and O–H groups in total. The van der Waals surface area contributed by atoms with E-state index in [2.05, 4.69) is 0 Å². The number of hydrogen-bond donors (Lipinski definition) is 0. The summed E-state index contributed by atoms with van der Waals surface area (Å²) in [6.07, 6.45) is 1.20. The molecule has 2 aromatic rings. The number of rotatable bonds is 6. The lowest BCUT2D eigenvalue weighted by Crippen LogP contribution is -2.40. The smallest absolute Gasteiger partial charge is 0.414 e. The van der Waals surface area contributed by atoms with Gasteiger partial charge < -0.3 is 9.47 Å². The van der Waals surface area contributed by atoms with Gasteiger partial charge in [-0.3, -0.25) is 4.90 Å². The zero-order valence-corrected chi connectivity index (χ0v) is 15.4. The molecule has 0 unspecified atom stereocenters. The highest BCUT2D eigenvalue weighted by Gasteiger charge is 2.46. The fourth-order valence-corrected chi connectivity index (χ4v) is 3.33. The number of amides is 1. The Morgan fingerprint density at radius 3 is 2.42 bits per heavy atom. The molecule has 3 rings (SSSR count). The standard InChI is InChI=1S/C20H21NO4S/c1-26-13-12-17-19(22)25-18(16-10-6-3-7-11-16)21(17)20(23)24-14-15-8-4-2-5-9-15/h2-11,17-18H,12-14H2,1H3/t17-,18+/m0/s1. The first kappa shape index (κ1) is 18.3. The van der Waals surface area contributed by atoms with Crippen LogP contribution < -0.4 is 0 Å². The van der Waals surface area contributed by atoms with Gasteiger partial charge in [-0.25, -0.2) is 9.59 Å². The van der Waals surface area contributed by atoms with Gasteiger partial charge in [-0.1, -0.05) is 60.7 Å². The lowest BCUT2D eigenvalue weighted by Gasteiger charge is -2.25. The molecule has 1 fully saturated rings. The van der Waals surface area contributed by atoms with Crippen LogP contribution in [0.5, 0.6) is 0 Å². The van der Waals surface area contributed by atoms with Crippen LogP contribution in [0.3, 0.4) is 0 Å². The fourth-order valence-electron chi connectivity index (χ4n) is 2.87. The molecule has 0 saturated carbocycles. The number of ether oxygens (including phenoxy) is 2. The molecule has 1 saturated heterocycles. The Kier molecular flexibility index (Phi) is 6.17. The molecule has 0 aliphatic carbocycles. The molecule has 26 heavy (non-hydrogen) atoms. The van der Waals surface area contributed by atoms with Gasteiger partial charge in [-0.15, -0.1) is 0 Å². The zero-order valence-electron chi connectivity index (χ0n) is 14.5. The second-order valence-corrected chi connectivity index (χ2v) is 6.93. The van der Waals surface area contributed by atoms with Crippen molar-refractivity contribution in [2.24, 2.45) is 0 Å². The van der Waals surface area contributed by atoms with Crippen molar-refractivity contribution in [1.29, 1.82) is 0 Å². The van der Waals surface area contributed by atoms with Crippen molar-refractivity contribution in [3.05, 3.63) is 71.8 Å². The molecular formula is C20H21NO4S. The molecule has 136 valence electrons. The van der Waals surface area contributed by atoms with Crippen LogP contribution in [0.4, 0.5) is 4.79 Å². The second-order valence-electron chi connectivity index (χ2n) is 5.94. The number of esters is 1. The quantitative estimate of drug-likeness (QED) is 0.719. The summed E-state index contributed by atoms with van der Waals surface area (Å²) >= 11 is 1.62. The molecule has 1 aliphatic rings. The third-order valence-corrected chi connectivity index (χ3v) is 4.83. The van der Waals surface area contributed by atoms with Crippen LogP contribution in [0.2, 0.25) is 0 Å². The lowest BCUT2D eigenvalue weighted by molar-refractivity contribution is -0.143. The summed E-state index contributed by atoms with van der Waals surface area (Å²) in [4.78, 5) is 26.6. The van der Waals surface area contributed by atoms with Gasteiger partial charge in [0.15, 0.2) is 0 Å². The number of cyclic esters (lactones) is 1. The average molecular weight is 371 g/mol. The van der Waals surface area contributed by atoms with E-state index < -0.39 is 18.4 Å². The Morgan fingerprint density at radius 1 is 1.12 bits per heavy atom. The summed E-state index contributed by atoms with van der Waals surface area (Å²) in [6.45, 7) is 0.154. The predicted molar refractivity (Wildman–Crippen MR) is 101 cm³/mol. The highest BCUT2D eigenvalue weighted by atomic mass is 32.2. The second kappa shape index (κ2) is 8.76. The van der Waals surface area contributed by atoms with E-state index in [9.17, 15) is 9.59 Å². The molecule has 0 aromatic heterocycles. The van der Waals surface area contributed by atoms with Crippen LogP contribution in [0, 0.1) is 0 Å². The van der Waals surface area contributed by atoms with Crippen LogP contribution in [-0.2, 0) is 20.9 Å². The maximum atomic E-state index is 12.8. The Balaban J connectivity index is 1.78. The Morgan fingerprint density at radius 2 is 1.77 bits per heavy atom. The van der Waals surface area contributed by atoms with E-state index in [1.165, 1.54) is 4.90 Å². The van der Waals surface area contributed by atoms with Gasteiger partial charge in [-0.2, -0.15) is 11.8 Å². The van der Waals surface area contributed by atoms with E-state index in [0.29, 0.717) is 6.42 Å². The van der Waals surface area contributed by atoms with Crippen molar-refractivity contribution >= 4 is 23.8 Å². The first-order valence-electron chi connectivity index (χ1n) is 8.44. The number of thioether (sulfide) groups is 1. The minimum Gasteiger partial charge on any atom is -0.444 e. The molecule has 1 aliphatic heterocycles. The van der Waals surface area contributed by atoms with Crippen molar-refractivity contribution < 1.29 is 19.1 Å². The van der Waals surface area contributed by atoms with Gasteiger partial charge in [0.2, 0.25) is 6.23 Å². The Hall–Kier alpha value is -2.47. The van der Waals surface area contributed by atoms with E-state index in [1.807, 2.05) is 66.9 Å². The molecule has 2 atom stereocenters. The van der Waals surface area contributed by atoms with E-state index in [4.69, 9.17) is 9.47 Å². The molecule has 0 radical (unpaired) electrons. The predicted octanol–water partition coefficient (Wildman–Crippen LogP) is 4.00. The fraction of sp³-hybridized carbons (Fsp3) is 0.300.